The zero-order valence-corrected chi connectivity index (χ0v) is 14.9. The first-order valence-electron chi connectivity index (χ1n) is 7.53. The summed E-state index contributed by atoms with van der Waals surface area (Å²) in [5, 5.41) is 4.17. The third-order valence-corrected chi connectivity index (χ3v) is 6.52. The normalized spacial score (nSPS) is 22.3. The van der Waals surface area contributed by atoms with E-state index in [1.807, 2.05) is 0 Å². The van der Waals surface area contributed by atoms with Crippen molar-refractivity contribution in [3.8, 4) is 0 Å². The van der Waals surface area contributed by atoms with Crippen molar-refractivity contribution < 1.29 is 0 Å². The monoisotopic (exact) mass is 383 g/mol. The van der Waals surface area contributed by atoms with Crippen molar-refractivity contribution in [1.82, 2.24) is 15.3 Å². The molecule has 1 aromatic heterocycles. The maximum absolute atomic E-state index is 12.5. The molecule has 9 heteroatoms. The molecule has 0 aliphatic carbocycles. The first-order chi connectivity index (χ1) is 11.5. The van der Waals surface area contributed by atoms with Gasteiger partial charge in [-0.1, -0.05) is 41.0 Å². The van der Waals surface area contributed by atoms with E-state index in [-0.39, 0.29) is 11.4 Å². The van der Waals surface area contributed by atoms with Crippen molar-refractivity contribution >= 4 is 46.7 Å². The van der Waals surface area contributed by atoms with Gasteiger partial charge < -0.3 is 16.0 Å². The Bertz CT molecular complexity index is 858. The van der Waals surface area contributed by atoms with Crippen LogP contribution in [-0.4, -0.2) is 35.6 Å². The van der Waals surface area contributed by atoms with Crippen LogP contribution in [0.1, 0.15) is 0 Å². The average Bonchev–Trinajstić information content (AvgIpc) is 2.88. The standard InChI is InChI=1S/C15H15Cl2N5OS/c16-8-2-1-3-10(11(8)17)24-12-13(18)20-15(21-14(12)23)22-6-7-4-19-5-9(7)22/h1-3,7,9,19H,4-6H2,(H3,18,20,21,23). The fourth-order valence-electron chi connectivity index (χ4n) is 3.14. The molecule has 4 N–H and O–H groups in total. The molecule has 3 heterocycles. The van der Waals surface area contributed by atoms with Gasteiger partial charge in [-0.05, 0) is 12.1 Å². The number of nitrogens with zero attached hydrogens (tertiary/aromatic N) is 2. The zero-order valence-electron chi connectivity index (χ0n) is 12.6. The Balaban J connectivity index is 1.63. The van der Waals surface area contributed by atoms with E-state index in [0.29, 0.717) is 37.7 Å². The second kappa shape index (κ2) is 6.15. The minimum absolute atomic E-state index is 0.198. The van der Waals surface area contributed by atoms with Crippen molar-refractivity contribution in [1.29, 1.82) is 0 Å². The van der Waals surface area contributed by atoms with Gasteiger partial charge >= 0.3 is 0 Å². The third-order valence-electron chi connectivity index (χ3n) is 4.43. The molecule has 0 saturated carbocycles. The Morgan fingerprint density at radius 3 is 2.92 bits per heavy atom. The molecule has 2 aliphatic heterocycles. The third kappa shape index (κ3) is 2.65. The Kier molecular flexibility index (Phi) is 4.12. The van der Waals surface area contributed by atoms with E-state index in [2.05, 4.69) is 20.2 Å². The topological polar surface area (TPSA) is 87.0 Å². The predicted octanol–water partition coefficient (Wildman–Crippen LogP) is 2.22. The number of hydrogen-bond donors (Lipinski definition) is 3. The summed E-state index contributed by atoms with van der Waals surface area (Å²) in [6.07, 6.45) is 0. The maximum atomic E-state index is 12.5. The van der Waals surface area contributed by atoms with Crippen molar-refractivity contribution in [2.24, 2.45) is 5.92 Å². The quantitative estimate of drug-likeness (QED) is 0.752. The highest BCUT2D eigenvalue weighted by Gasteiger charge is 2.43. The summed E-state index contributed by atoms with van der Waals surface area (Å²) in [5.41, 5.74) is 5.77. The molecule has 0 spiro atoms. The summed E-state index contributed by atoms with van der Waals surface area (Å²) in [6, 6.07) is 5.64. The van der Waals surface area contributed by atoms with E-state index in [1.165, 1.54) is 11.8 Å². The number of anilines is 2. The number of nitrogens with two attached hydrogens (primary N) is 1. The molecule has 1 aromatic carbocycles. The van der Waals surface area contributed by atoms with Gasteiger partial charge in [0.05, 0.1) is 10.0 Å². The summed E-state index contributed by atoms with van der Waals surface area (Å²) in [6.45, 7) is 2.80. The molecule has 126 valence electrons. The second-order valence-electron chi connectivity index (χ2n) is 5.90. The number of rotatable bonds is 3. The molecular weight excluding hydrogens is 369 g/mol. The largest absolute Gasteiger partial charge is 0.382 e. The lowest BCUT2D eigenvalue weighted by Crippen LogP contribution is -2.56. The van der Waals surface area contributed by atoms with E-state index < -0.39 is 0 Å². The Labute approximate surface area is 152 Å². The van der Waals surface area contributed by atoms with Crippen LogP contribution in [0.15, 0.2) is 32.8 Å². The second-order valence-corrected chi connectivity index (χ2v) is 7.73. The van der Waals surface area contributed by atoms with Gasteiger partial charge in [0.1, 0.15) is 10.7 Å². The van der Waals surface area contributed by atoms with E-state index in [9.17, 15) is 4.79 Å². The van der Waals surface area contributed by atoms with Gasteiger partial charge in [0, 0.05) is 36.5 Å². The summed E-state index contributed by atoms with van der Waals surface area (Å²) in [7, 11) is 0. The smallest absolute Gasteiger partial charge is 0.268 e. The van der Waals surface area contributed by atoms with Crippen LogP contribution in [0.25, 0.3) is 0 Å². The van der Waals surface area contributed by atoms with E-state index in [1.54, 1.807) is 18.2 Å². The highest BCUT2D eigenvalue weighted by Crippen LogP contribution is 2.38. The predicted molar refractivity (Wildman–Crippen MR) is 97.3 cm³/mol. The first kappa shape index (κ1) is 16.1. The number of nitrogens with one attached hydrogen (secondary N) is 2. The highest BCUT2D eigenvalue weighted by molar-refractivity contribution is 7.99. The van der Waals surface area contributed by atoms with Crippen LogP contribution >= 0.6 is 35.0 Å². The lowest BCUT2D eigenvalue weighted by molar-refractivity contribution is 0.358. The Morgan fingerprint density at radius 1 is 1.33 bits per heavy atom. The molecule has 0 amide bonds. The molecule has 2 saturated heterocycles. The van der Waals surface area contributed by atoms with Gasteiger partial charge in [0.2, 0.25) is 5.95 Å². The van der Waals surface area contributed by atoms with Gasteiger partial charge in [0.25, 0.3) is 5.56 Å². The molecule has 6 nitrogen and oxygen atoms in total. The van der Waals surface area contributed by atoms with E-state index in [0.717, 1.165) is 19.6 Å². The minimum Gasteiger partial charge on any atom is -0.382 e. The van der Waals surface area contributed by atoms with Gasteiger partial charge in [-0.2, -0.15) is 4.98 Å². The van der Waals surface area contributed by atoms with Gasteiger partial charge in [-0.3, -0.25) is 9.78 Å². The molecule has 0 radical (unpaired) electrons. The lowest BCUT2D eigenvalue weighted by Gasteiger charge is -2.44. The number of nitrogen functional groups attached to an aromatic ring is 1. The molecule has 2 fully saturated rings. The number of H-pyrrole nitrogens is 1. The van der Waals surface area contributed by atoms with Crippen LogP contribution in [0.4, 0.5) is 11.8 Å². The van der Waals surface area contributed by atoms with Crippen LogP contribution in [0, 0.1) is 5.92 Å². The first-order valence-corrected chi connectivity index (χ1v) is 9.11. The van der Waals surface area contributed by atoms with Gasteiger partial charge in [-0.25, -0.2) is 0 Å². The molecule has 2 atom stereocenters. The van der Waals surface area contributed by atoms with Crippen molar-refractivity contribution in [2.45, 2.75) is 15.8 Å². The van der Waals surface area contributed by atoms with Gasteiger partial charge in [0.15, 0.2) is 0 Å². The van der Waals surface area contributed by atoms with Crippen LogP contribution in [-0.2, 0) is 0 Å². The SMILES string of the molecule is Nc1nc(N2CC3CNCC32)[nH]c(=O)c1Sc1cccc(Cl)c1Cl. The number of aromatic nitrogens is 2. The van der Waals surface area contributed by atoms with Crippen molar-refractivity contribution in [3.05, 3.63) is 38.6 Å². The lowest BCUT2D eigenvalue weighted by atomic mass is 9.93. The van der Waals surface area contributed by atoms with Gasteiger partial charge in [-0.15, -0.1) is 0 Å². The fourth-order valence-corrected chi connectivity index (χ4v) is 4.47. The van der Waals surface area contributed by atoms with E-state index >= 15 is 0 Å². The molecular formula is C15H15Cl2N5OS. The number of benzene rings is 1. The Morgan fingerprint density at radius 2 is 2.17 bits per heavy atom. The van der Waals surface area contributed by atoms with Crippen LogP contribution in [0.2, 0.25) is 10.0 Å². The molecule has 4 rings (SSSR count). The number of hydrogen-bond acceptors (Lipinski definition) is 6. The summed E-state index contributed by atoms with van der Waals surface area (Å²) in [4.78, 5) is 22.8. The summed E-state index contributed by atoms with van der Waals surface area (Å²) >= 11 is 13.4. The van der Waals surface area contributed by atoms with Crippen LogP contribution in [0.5, 0.6) is 0 Å². The molecule has 24 heavy (non-hydrogen) atoms. The fraction of sp³-hybridized carbons (Fsp3) is 0.333. The average molecular weight is 384 g/mol. The highest BCUT2D eigenvalue weighted by atomic mass is 35.5. The van der Waals surface area contributed by atoms with Crippen molar-refractivity contribution in [2.75, 3.05) is 30.3 Å². The molecule has 2 aliphatic rings. The zero-order chi connectivity index (χ0) is 16.8. The van der Waals surface area contributed by atoms with Crippen molar-refractivity contribution in [3.63, 3.8) is 0 Å². The van der Waals surface area contributed by atoms with Crippen LogP contribution in [0.3, 0.4) is 0 Å². The Hall–Kier alpha value is -1.41. The summed E-state index contributed by atoms with van der Waals surface area (Å²) in [5.74, 6) is 1.35. The number of halogens is 2. The molecule has 0 bridgehead atoms. The number of aromatic amines is 1. The van der Waals surface area contributed by atoms with E-state index in [4.69, 9.17) is 28.9 Å². The number of fused-ring (bicyclic) bond motifs is 1. The summed E-state index contributed by atoms with van der Waals surface area (Å²) < 4.78 is 0. The van der Waals surface area contributed by atoms with Crippen LogP contribution < -0.4 is 21.5 Å². The maximum Gasteiger partial charge on any atom is 0.268 e. The molecule has 2 unspecified atom stereocenters. The minimum atomic E-state index is -0.270. The molecule has 2 aromatic rings.